The minimum absolute atomic E-state index is 0.0930. The number of ether oxygens (including phenoxy) is 1. The normalized spacial score (nSPS) is 14.5. The summed E-state index contributed by atoms with van der Waals surface area (Å²) in [7, 11) is 0. The van der Waals surface area contributed by atoms with Crippen molar-refractivity contribution in [2.75, 3.05) is 23.0 Å². The lowest BCUT2D eigenvalue weighted by atomic mass is 9.96. The van der Waals surface area contributed by atoms with Gasteiger partial charge in [0.15, 0.2) is 10.9 Å². The Labute approximate surface area is 172 Å². The second-order valence-corrected chi connectivity index (χ2v) is 8.92. The number of nitrogens with one attached hydrogen (secondary N) is 2. The van der Waals surface area contributed by atoms with Crippen molar-refractivity contribution in [1.82, 2.24) is 10.2 Å². The fourth-order valence-electron chi connectivity index (χ4n) is 2.98. The third-order valence-electron chi connectivity index (χ3n) is 4.32. The highest BCUT2D eigenvalue weighted by Gasteiger charge is 2.16. The van der Waals surface area contributed by atoms with E-state index < -0.39 is 5.97 Å². The van der Waals surface area contributed by atoms with Crippen molar-refractivity contribution in [2.24, 2.45) is 0 Å². The molecule has 0 aliphatic heterocycles. The predicted octanol–water partition coefficient (Wildman–Crippen LogP) is 3.87. The molecule has 0 saturated heterocycles. The van der Waals surface area contributed by atoms with Gasteiger partial charge in [0, 0.05) is 11.7 Å². The number of hydrogen-bond acceptors (Lipinski definition) is 8. The molecule has 1 saturated carbocycles. The van der Waals surface area contributed by atoms with E-state index in [-0.39, 0.29) is 18.3 Å². The van der Waals surface area contributed by atoms with Gasteiger partial charge in [-0.25, -0.2) is 0 Å². The number of carbonyl (C=O) groups excluding carboxylic acids is 2. The van der Waals surface area contributed by atoms with Crippen LogP contribution in [0.25, 0.3) is 0 Å². The molecular weight excluding hydrogens is 396 g/mol. The topological polar surface area (TPSA) is 93.2 Å². The van der Waals surface area contributed by atoms with Crippen LogP contribution in [0.1, 0.15) is 37.7 Å². The Bertz CT molecular complexity index is 806. The van der Waals surface area contributed by atoms with Gasteiger partial charge in [-0.05, 0) is 37.5 Å². The maximum Gasteiger partial charge on any atom is 0.316 e. The quantitative estimate of drug-likeness (QED) is 0.495. The van der Waals surface area contributed by atoms with Gasteiger partial charge in [-0.3, -0.25) is 9.59 Å². The van der Waals surface area contributed by atoms with E-state index in [2.05, 4.69) is 20.8 Å². The number of hydrogen-bond donors (Lipinski definition) is 2. The molecule has 1 aliphatic rings. The van der Waals surface area contributed by atoms with E-state index in [1.807, 2.05) is 25.1 Å². The van der Waals surface area contributed by atoms with Crippen LogP contribution in [0.5, 0.6) is 0 Å². The van der Waals surface area contributed by atoms with E-state index in [4.69, 9.17) is 4.74 Å². The Kier molecular flexibility index (Phi) is 7.67. The average molecular weight is 421 g/mol. The van der Waals surface area contributed by atoms with Gasteiger partial charge >= 0.3 is 5.97 Å². The third kappa shape index (κ3) is 6.79. The molecule has 2 aromatic rings. The van der Waals surface area contributed by atoms with Crippen LogP contribution in [0.2, 0.25) is 0 Å². The summed E-state index contributed by atoms with van der Waals surface area (Å²) in [6.45, 7) is 1.63. The SMILES string of the molecule is Cc1cccc(NC(=O)COC(=O)CSc2nnc(NC3CCCCC3)s2)c1. The Balaban J connectivity index is 1.35. The summed E-state index contributed by atoms with van der Waals surface area (Å²) in [5, 5.41) is 15.1. The van der Waals surface area contributed by atoms with E-state index in [0.29, 0.717) is 16.1 Å². The molecule has 150 valence electrons. The van der Waals surface area contributed by atoms with Gasteiger partial charge in [0.2, 0.25) is 5.13 Å². The molecule has 0 unspecified atom stereocenters. The highest BCUT2D eigenvalue weighted by Crippen LogP contribution is 2.28. The molecular formula is C19H24N4O3S2. The molecule has 1 fully saturated rings. The van der Waals surface area contributed by atoms with Gasteiger partial charge < -0.3 is 15.4 Å². The summed E-state index contributed by atoms with van der Waals surface area (Å²) in [5.41, 5.74) is 1.72. The van der Waals surface area contributed by atoms with Crippen molar-refractivity contribution in [3.63, 3.8) is 0 Å². The van der Waals surface area contributed by atoms with E-state index >= 15 is 0 Å². The Morgan fingerprint density at radius 2 is 2.07 bits per heavy atom. The second kappa shape index (κ2) is 10.4. The van der Waals surface area contributed by atoms with Crippen LogP contribution in [0.3, 0.4) is 0 Å². The molecule has 0 radical (unpaired) electrons. The molecule has 7 nitrogen and oxygen atoms in total. The first kappa shape index (κ1) is 20.6. The minimum Gasteiger partial charge on any atom is -0.455 e. The molecule has 1 aromatic heterocycles. The molecule has 28 heavy (non-hydrogen) atoms. The van der Waals surface area contributed by atoms with Crippen molar-refractivity contribution in [3.8, 4) is 0 Å². The number of nitrogens with zero attached hydrogens (tertiary/aromatic N) is 2. The number of aryl methyl sites for hydroxylation is 1. The lowest BCUT2D eigenvalue weighted by Gasteiger charge is -2.21. The fourth-order valence-corrected chi connectivity index (χ4v) is 4.60. The molecule has 0 bridgehead atoms. The van der Waals surface area contributed by atoms with Crippen molar-refractivity contribution in [1.29, 1.82) is 0 Å². The largest absolute Gasteiger partial charge is 0.455 e. The van der Waals surface area contributed by atoms with Crippen LogP contribution < -0.4 is 10.6 Å². The van der Waals surface area contributed by atoms with Gasteiger partial charge in [-0.1, -0.05) is 54.5 Å². The molecule has 1 amide bonds. The number of amides is 1. The van der Waals surface area contributed by atoms with Crippen molar-refractivity contribution < 1.29 is 14.3 Å². The molecule has 0 spiro atoms. The molecule has 9 heteroatoms. The zero-order valence-corrected chi connectivity index (χ0v) is 17.4. The standard InChI is InChI=1S/C19H24N4O3S2/c1-13-6-5-9-15(10-13)20-16(24)11-26-17(25)12-27-19-23-22-18(28-19)21-14-7-3-2-4-8-14/h5-6,9-10,14H,2-4,7-8,11-12H2,1H3,(H,20,24)(H,21,22). The summed E-state index contributed by atoms with van der Waals surface area (Å²) in [6.07, 6.45) is 6.14. The van der Waals surface area contributed by atoms with Gasteiger partial charge in [-0.2, -0.15) is 0 Å². The number of aromatic nitrogens is 2. The smallest absolute Gasteiger partial charge is 0.316 e. The van der Waals surface area contributed by atoms with Crippen LogP contribution in [-0.4, -0.2) is 40.5 Å². The molecule has 1 aromatic carbocycles. The molecule has 1 heterocycles. The Hall–Kier alpha value is -2.13. The number of anilines is 2. The van der Waals surface area contributed by atoms with Gasteiger partial charge in [0.25, 0.3) is 5.91 Å². The minimum atomic E-state index is -0.457. The van der Waals surface area contributed by atoms with Crippen LogP contribution in [0.15, 0.2) is 28.6 Å². The third-order valence-corrected chi connectivity index (χ3v) is 6.28. The van der Waals surface area contributed by atoms with Crippen LogP contribution in [-0.2, 0) is 14.3 Å². The Morgan fingerprint density at radius 3 is 2.86 bits per heavy atom. The van der Waals surface area contributed by atoms with E-state index in [9.17, 15) is 9.59 Å². The van der Waals surface area contributed by atoms with Crippen molar-refractivity contribution in [2.45, 2.75) is 49.4 Å². The average Bonchev–Trinajstić information content (AvgIpc) is 3.13. The first-order valence-corrected chi connectivity index (χ1v) is 11.1. The first-order valence-electron chi connectivity index (χ1n) is 9.33. The monoisotopic (exact) mass is 420 g/mol. The van der Waals surface area contributed by atoms with E-state index in [1.54, 1.807) is 6.07 Å². The summed E-state index contributed by atoms with van der Waals surface area (Å²) in [4.78, 5) is 23.7. The maximum atomic E-state index is 11.9. The highest BCUT2D eigenvalue weighted by molar-refractivity contribution is 8.01. The summed E-state index contributed by atoms with van der Waals surface area (Å²) >= 11 is 2.71. The number of benzene rings is 1. The zero-order chi connectivity index (χ0) is 19.8. The van der Waals surface area contributed by atoms with Crippen molar-refractivity contribution in [3.05, 3.63) is 29.8 Å². The molecule has 3 rings (SSSR count). The Morgan fingerprint density at radius 1 is 1.25 bits per heavy atom. The maximum absolute atomic E-state index is 11.9. The molecule has 0 atom stereocenters. The van der Waals surface area contributed by atoms with Gasteiger partial charge in [0.05, 0.1) is 5.75 Å². The molecule has 2 N–H and O–H groups in total. The summed E-state index contributed by atoms with van der Waals surface area (Å²) in [5.74, 6) is -0.726. The van der Waals surface area contributed by atoms with Crippen LogP contribution >= 0.6 is 23.1 Å². The summed E-state index contributed by atoms with van der Waals surface area (Å²) in [6, 6.07) is 7.90. The van der Waals surface area contributed by atoms with E-state index in [0.717, 1.165) is 10.7 Å². The first-order chi connectivity index (χ1) is 13.6. The predicted molar refractivity (Wildman–Crippen MR) is 112 cm³/mol. The fraction of sp³-hybridized carbons (Fsp3) is 0.474. The molecule has 1 aliphatic carbocycles. The lowest BCUT2D eigenvalue weighted by Crippen LogP contribution is -2.21. The van der Waals surface area contributed by atoms with E-state index in [1.165, 1.54) is 55.2 Å². The number of carbonyl (C=O) groups is 2. The zero-order valence-electron chi connectivity index (χ0n) is 15.8. The van der Waals surface area contributed by atoms with Gasteiger partial charge in [-0.15, -0.1) is 10.2 Å². The van der Waals surface area contributed by atoms with Crippen LogP contribution in [0.4, 0.5) is 10.8 Å². The van der Waals surface area contributed by atoms with Crippen LogP contribution in [0, 0.1) is 6.92 Å². The number of esters is 1. The van der Waals surface area contributed by atoms with Crippen molar-refractivity contribution >= 4 is 45.8 Å². The number of thioether (sulfide) groups is 1. The second-order valence-electron chi connectivity index (χ2n) is 6.72. The lowest BCUT2D eigenvalue weighted by molar-refractivity contribution is -0.144. The van der Waals surface area contributed by atoms with Gasteiger partial charge in [0.1, 0.15) is 0 Å². The summed E-state index contributed by atoms with van der Waals surface area (Å²) < 4.78 is 5.73. The highest BCUT2D eigenvalue weighted by atomic mass is 32.2. The number of rotatable bonds is 8.